The maximum atomic E-state index is 13.8. The number of aliphatic carboxylic acids is 1. The van der Waals surface area contributed by atoms with Crippen LogP contribution in [-0.4, -0.2) is 61.7 Å². The molecule has 0 radical (unpaired) electrons. The van der Waals surface area contributed by atoms with Gasteiger partial charge in [-0.05, 0) is 45.4 Å². The molecule has 14 heteroatoms. The van der Waals surface area contributed by atoms with Gasteiger partial charge in [0.25, 0.3) is 5.91 Å². The summed E-state index contributed by atoms with van der Waals surface area (Å²) in [6.45, 7) is 0.196. The number of carboxylic acids is 1. The van der Waals surface area contributed by atoms with Gasteiger partial charge in [-0.25, -0.2) is 0 Å². The van der Waals surface area contributed by atoms with E-state index >= 15 is 0 Å². The Kier molecular flexibility index (Phi) is 7.77. The minimum absolute atomic E-state index is 0.0896. The minimum Gasteiger partial charge on any atom is -0.481 e. The van der Waals surface area contributed by atoms with E-state index in [0.717, 1.165) is 11.1 Å². The molecule has 0 aliphatic heterocycles. The van der Waals surface area contributed by atoms with Gasteiger partial charge in [-0.3, -0.25) is 24.0 Å². The van der Waals surface area contributed by atoms with E-state index in [1.54, 1.807) is 6.92 Å². The van der Waals surface area contributed by atoms with Gasteiger partial charge >= 0.3 is 12.1 Å². The topological polar surface area (TPSA) is 105 Å². The second-order valence-electron chi connectivity index (χ2n) is 10.2. The van der Waals surface area contributed by atoms with Gasteiger partial charge in [0.05, 0.1) is 50.8 Å². The summed E-state index contributed by atoms with van der Waals surface area (Å²) < 4.78 is 42.8. The summed E-state index contributed by atoms with van der Waals surface area (Å²) in [5.41, 5.74) is -3.31. The van der Waals surface area contributed by atoms with Crippen LogP contribution < -0.4 is 0 Å². The molecular formula is C24H24Cl3F3N4O4. The van der Waals surface area contributed by atoms with Crippen LogP contribution in [0.25, 0.3) is 0 Å². The minimum atomic E-state index is -4.58. The second kappa shape index (κ2) is 10.3. The van der Waals surface area contributed by atoms with Crippen LogP contribution in [0.4, 0.5) is 13.2 Å². The molecule has 0 spiro atoms. The molecule has 4 rings (SSSR count). The Morgan fingerprint density at radius 1 is 1.08 bits per heavy atom. The number of carbonyl (C=O) groups excluding carboxylic acids is 2. The van der Waals surface area contributed by atoms with Crippen molar-refractivity contribution in [2.24, 2.45) is 10.8 Å². The molecule has 2 fully saturated rings. The smallest absolute Gasteiger partial charge is 0.396 e. The maximum Gasteiger partial charge on any atom is 0.396 e. The average molecular weight is 596 g/mol. The van der Waals surface area contributed by atoms with Gasteiger partial charge in [-0.2, -0.15) is 18.3 Å². The van der Waals surface area contributed by atoms with Gasteiger partial charge < -0.3 is 10.0 Å². The zero-order valence-corrected chi connectivity index (χ0v) is 22.5. The number of hydrogen-bond donors (Lipinski definition) is 1. The SMILES string of the molecule is CC1(C(=O)O)CCC(n2ncc(C(=O)N(CC(=O)c3c(Cl)cncc3Cl)CC3(C(F)(F)F)CC3)c2Cl)CC1. The van der Waals surface area contributed by atoms with E-state index in [-0.39, 0.29) is 45.2 Å². The fourth-order valence-electron chi connectivity index (χ4n) is 4.79. The Morgan fingerprint density at radius 2 is 1.66 bits per heavy atom. The van der Waals surface area contributed by atoms with Gasteiger partial charge in [-0.1, -0.05) is 34.8 Å². The van der Waals surface area contributed by atoms with Crippen molar-refractivity contribution >= 4 is 52.5 Å². The zero-order chi connectivity index (χ0) is 28.0. The fraction of sp³-hybridized carbons (Fsp3) is 0.542. The number of ketones is 1. The zero-order valence-electron chi connectivity index (χ0n) is 20.2. The van der Waals surface area contributed by atoms with E-state index in [9.17, 15) is 32.7 Å². The predicted molar refractivity (Wildman–Crippen MR) is 133 cm³/mol. The van der Waals surface area contributed by atoms with Crippen molar-refractivity contribution in [2.45, 2.75) is 57.7 Å². The molecule has 2 aliphatic carbocycles. The van der Waals surface area contributed by atoms with Crippen LogP contribution in [0.2, 0.25) is 15.2 Å². The van der Waals surface area contributed by atoms with Crippen LogP contribution in [-0.2, 0) is 4.79 Å². The molecule has 0 aromatic carbocycles. The van der Waals surface area contributed by atoms with Gasteiger partial charge in [0.15, 0.2) is 5.78 Å². The number of aromatic nitrogens is 3. The molecular weight excluding hydrogens is 572 g/mol. The second-order valence-corrected chi connectivity index (χ2v) is 11.4. The van der Waals surface area contributed by atoms with Crippen molar-refractivity contribution in [1.82, 2.24) is 19.7 Å². The van der Waals surface area contributed by atoms with Crippen LogP contribution in [0.5, 0.6) is 0 Å². The van der Waals surface area contributed by atoms with Crippen LogP contribution in [0, 0.1) is 10.8 Å². The lowest BCUT2D eigenvalue weighted by molar-refractivity contribution is -0.189. The third-order valence-electron chi connectivity index (χ3n) is 7.59. The normalized spacial score (nSPS) is 22.7. The maximum absolute atomic E-state index is 13.8. The molecule has 2 saturated carbocycles. The Hall–Kier alpha value is -2.37. The van der Waals surface area contributed by atoms with E-state index in [2.05, 4.69) is 10.1 Å². The van der Waals surface area contributed by atoms with Crippen molar-refractivity contribution in [3.8, 4) is 0 Å². The number of Topliss-reactive ketones (excluding diaryl/α,β-unsaturated/α-hetero) is 1. The summed E-state index contributed by atoms with van der Waals surface area (Å²) >= 11 is 18.6. The van der Waals surface area contributed by atoms with Crippen molar-refractivity contribution in [3.63, 3.8) is 0 Å². The van der Waals surface area contributed by atoms with E-state index in [1.165, 1.54) is 17.1 Å². The molecule has 2 heterocycles. The summed E-state index contributed by atoms with van der Waals surface area (Å²) in [5, 5.41) is 13.4. The van der Waals surface area contributed by atoms with E-state index < -0.39 is 47.8 Å². The van der Waals surface area contributed by atoms with Gasteiger partial charge in [-0.15, -0.1) is 0 Å². The Balaban J connectivity index is 1.60. The number of alkyl halides is 3. The lowest BCUT2D eigenvalue weighted by Crippen LogP contribution is -2.44. The average Bonchev–Trinajstić information content (AvgIpc) is 3.53. The quantitative estimate of drug-likeness (QED) is 0.369. The summed E-state index contributed by atoms with van der Waals surface area (Å²) in [5.74, 6) is -2.54. The number of rotatable bonds is 8. The molecule has 0 saturated heterocycles. The van der Waals surface area contributed by atoms with Crippen molar-refractivity contribution in [1.29, 1.82) is 0 Å². The standard InChI is InChI=1S/C24H24Cl3F3N4O4/c1-22(21(37)38)4-2-13(3-5-22)34-19(27)14(8-32-34)20(36)33(12-23(6-7-23)24(28,29)30)11-17(35)18-15(25)9-31-10-16(18)26/h8-10,13H,2-7,11-12H2,1H3,(H,37,38). The predicted octanol–water partition coefficient (Wildman–Crippen LogP) is 6.11. The lowest BCUT2D eigenvalue weighted by Gasteiger charge is -2.34. The van der Waals surface area contributed by atoms with E-state index in [0.29, 0.717) is 25.7 Å². The summed E-state index contributed by atoms with van der Waals surface area (Å²) in [4.78, 5) is 42.7. The third-order valence-corrected chi connectivity index (χ3v) is 8.54. The molecule has 1 N–H and O–H groups in total. The first-order chi connectivity index (χ1) is 17.7. The largest absolute Gasteiger partial charge is 0.481 e. The van der Waals surface area contributed by atoms with Crippen LogP contribution in [0.15, 0.2) is 18.6 Å². The van der Waals surface area contributed by atoms with E-state index in [4.69, 9.17) is 34.8 Å². The van der Waals surface area contributed by atoms with E-state index in [1.807, 2.05) is 0 Å². The van der Waals surface area contributed by atoms with Crippen LogP contribution in [0.3, 0.4) is 0 Å². The molecule has 0 unspecified atom stereocenters. The highest BCUT2D eigenvalue weighted by atomic mass is 35.5. The van der Waals surface area contributed by atoms with Crippen molar-refractivity contribution in [2.75, 3.05) is 13.1 Å². The fourth-order valence-corrected chi connectivity index (χ4v) is 5.68. The Labute approximate surface area is 231 Å². The molecule has 2 aromatic rings. The molecule has 38 heavy (non-hydrogen) atoms. The summed E-state index contributed by atoms with van der Waals surface area (Å²) in [6.07, 6.45) is 0.192. The number of nitrogens with zero attached hydrogens (tertiary/aromatic N) is 4. The van der Waals surface area contributed by atoms with Crippen LogP contribution in [0.1, 0.15) is 72.2 Å². The highest BCUT2D eigenvalue weighted by Crippen LogP contribution is 2.58. The Bertz CT molecular complexity index is 1250. The monoisotopic (exact) mass is 594 g/mol. The molecule has 0 atom stereocenters. The van der Waals surface area contributed by atoms with Crippen molar-refractivity contribution < 1.29 is 32.7 Å². The number of amides is 1. The molecule has 1 amide bonds. The molecule has 2 aromatic heterocycles. The highest BCUT2D eigenvalue weighted by molar-refractivity contribution is 6.39. The highest BCUT2D eigenvalue weighted by Gasteiger charge is 2.64. The van der Waals surface area contributed by atoms with Crippen molar-refractivity contribution in [3.05, 3.63) is 44.9 Å². The molecule has 8 nitrogen and oxygen atoms in total. The van der Waals surface area contributed by atoms with Gasteiger partial charge in [0, 0.05) is 18.9 Å². The number of carboxylic acid groups (broad SMARTS) is 1. The van der Waals surface area contributed by atoms with Crippen LogP contribution >= 0.6 is 34.8 Å². The van der Waals surface area contributed by atoms with Gasteiger partial charge in [0.1, 0.15) is 5.15 Å². The van der Waals surface area contributed by atoms with Gasteiger partial charge in [0.2, 0.25) is 0 Å². The number of carbonyl (C=O) groups is 3. The summed E-state index contributed by atoms with van der Waals surface area (Å²) in [6, 6.07) is -0.286. The summed E-state index contributed by atoms with van der Waals surface area (Å²) in [7, 11) is 0. The first-order valence-electron chi connectivity index (χ1n) is 11.8. The first kappa shape index (κ1) is 28.6. The number of pyridine rings is 1. The molecule has 0 bridgehead atoms. The third kappa shape index (κ3) is 5.37. The lowest BCUT2D eigenvalue weighted by atomic mass is 9.74. The Morgan fingerprint density at radius 3 is 2.16 bits per heavy atom. The molecule has 206 valence electrons. The molecule has 2 aliphatic rings. The first-order valence-corrected chi connectivity index (χ1v) is 13.0. The number of hydrogen-bond acceptors (Lipinski definition) is 5. The number of halogens is 6.